The van der Waals surface area contributed by atoms with Crippen molar-refractivity contribution >= 4 is 29.2 Å². The van der Waals surface area contributed by atoms with Gasteiger partial charge in [0.25, 0.3) is 0 Å². The van der Waals surface area contributed by atoms with Gasteiger partial charge in [-0.25, -0.2) is 9.18 Å². The van der Waals surface area contributed by atoms with E-state index in [1.54, 1.807) is 0 Å². The van der Waals surface area contributed by atoms with Crippen LogP contribution in [-0.2, 0) is 4.79 Å². The average molecular weight is 260 g/mol. The van der Waals surface area contributed by atoms with Gasteiger partial charge in [-0.05, 0) is 25.1 Å². The van der Waals surface area contributed by atoms with E-state index in [-0.39, 0.29) is 5.02 Å². The fourth-order valence-corrected chi connectivity index (χ4v) is 1.31. The Morgan fingerprint density at radius 1 is 1.47 bits per heavy atom. The Hall–Kier alpha value is -1.82. The normalized spacial score (nSPS) is 11.7. The van der Waals surface area contributed by atoms with Crippen molar-refractivity contribution in [2.24, 2.45) is 5.73 Å². The van der Waals surface area contributed by atoms with Crippen molar-refractivity contribution in [3.05, 3.63) is 29.0 Å². The van der Waals surface area contributed by atoms with Gasteiger partial charge in [-0.3, -0.25) is 10.1 Å². The number of nitrogens with two attached hydrogens (primary N) is 1. The molecule has 0 radical (unpaired) electrons. The first-order valence-electron chi connectivity index (χ1n) is 4.72. The summed E-state index contributed by atoms with van der Waals surface area (Å²) < 4.78 is 12.9. The number of halogens is 2. The van der Waals surface area contributed by atoms with Crippen LogP contribution in [0.5, 0.6) is 0 Å². The zero-order valence-electron chi connectivity index (χ0n) is 8.96. The number of hydrogen-bond acceptors (Lipinski definition) is 3. The highest BCUT2D eigenvalue weighted by Gasteiger charge is 2.14. The summed E-state index contributed by atoms with van der Waals surface area (Å²) in [5.74, 6) is -1.13. The van der Waals surface area contributed by atoms with Crippen LogP contribution in [0.4, 0.5) is 14.9 Å². The van der Waals surface area contributed by atoms with Gasteiger partial charge in [0.05, 0.1) is 5.02 Å². The number of carbonyl (C=O) groups excluding carboxylic acids is 2. The van der Waals surface area contributed by atoms with Crippen LogP contribution in [0.25, 0.3) is 0 Å². The van der Waals surface area contributed by atoms with Gasteiger partial charge >= 0.3 is 6.03 Å². The molecule has 3 amide bonds. The van der Waals surface area contributed by atoms with Crippen LogP contribution >= 0.6 is 11.6 Å². The van der Waals surface area contributed by atoms with E-state index >= 15 is 0 Å². The lowest BCUT2D eigenvalue weighted by Gasteiger charge is -2.14. The van der Waals surface area contributed by atoms with Crippen molar-refractivity contribution in [1.82, 2.24) is 5.32 Å². The predicted octanol–water partition coefficient (Wildman–Crippen LogP) is 1.47. The minimum absolute atomic E-state index is 0.0579. The van der Waals surface area contributed by atoms with Gasteiger partial charge in [-0.2, -0.15) is 0 Å². The monoisotopic (exact) mass is 259 g/mol. The molecule has 7 heteroatoms. The Bertz CT molecular complexity index is 453. The highest BCUT2D eigenvalue weighted by Crippen LogP contribution is 2.19. The summed E-state index contributed by atoms with van der Waals surface area (Å²) in [5.41, 5.74) is 5.26. The highest BCUT2D eigenvalue weighted by atomic mass is 35.5. The van der Waals surface area contributed by atoms with Gasteiger partial charge in [-0.15, -0.1) is 0 Å². The fraction of sp³-hybridized carbons (Fsp3) is 0.200. The van der Waals surface area contributed by atoms with E-state index in [2.05, 4.69) is 5.32 Å². The molecule has 4 N–H and O–H groups in total. The second-order valence-electron chi connectivity index (χ2n) is 3.35. The Labute approximate surface area is 102 Å². The molecule has 17 heavy (non-hydrogen) atoms. The maximum Gasteiger partial charge on any atom is 0.318 e. The Morgan fingerprint density at radius 2 is 2.12 bits per heavy atom. The van der Waals surface area contributed by atoms with Crippen LogP contribution in [0.2, 0.25) is 5.02 Å². The maximum absolute atomic E-state index is 12.9. The molecular formula is C10H11ClFN3O2. The first-order chi connectivity index (χ1) is 7.90. The van der Waals surface area contributed by atoms with Crippen molar-refractivity contribution in [3.8, 4) is 0 Å². The Balaban J connectivity index is 2.67. The molecule has 1 rings (SSSR count). The summed E-state index contributed by atoms with van der Waals surface area (Å²) in [7, 11) is 0. The molecule has 0 aliphatic carbocycles. The van der Waals surface area contributed by atoms with Crippen molar-refractivity contribution in [2.75, 3.05) is 5.32 Å². The van der Waals surface area contributed by atoms with Gasteiger partial charge in [0.2, 0.25) is 5.91 Å². The molecule has 92 valence electrons. The number of urea groups is 1. The Kier molecular flexibility index (Phi) is 4.28. The number of amides is 3. The van der Waals surface area contributed by atoms with Crippen LogP contribution in [0.15, 0.2) is 18.2 Å². The zero-order chi connectivity index (χ0) is 13.0. The standard InChI is InChI=1S/C10H11ClFN3O2/c1-5(9(16)15-10(13)17)14-6-2-3-8(12)7(11)4-6/h2-5,14H,1H3,(H3,13,15,16,17). The first-order valence-corrected chi connectivity index (χ1v) is 5.10. The highest BCUT2D eigenvalue weighted by molar-refractivity contribution is 6.31. The smallest absolute Gasteiger partial charge is 0.318 e. The van der Waals surface area contributed by atoms with Gasteiger partial charge in [0, 0.05) is 5.69 Å². The summed E-state index contributed by atoms with van der Waals surface area (Å²) >= 11 is 5.57. The molecule has 0 aliphatic heterocycles. The molecule has 0 bridgehead atoms. The third-order valence-electron chi connectivity index (χ3n) is 1.94. The minimum Gasteiger partial charge on any atom is -0.374 e. The quantitative estimate of drug-likeness (QED) is 0.769. The van der Waals surface area contributed by atoms with E-state index in [0.717, 1.165) is 0 Å². The molecule has 1 aromatic rings. The van der Waals surface area contributed by atoms with Gasteiger partial charge in [0.1, 0.15) is 11.9 Å². The second-order valence-corrected chi connectivity index (χ2v) is 3.76. The largest absolute Gasteiger partial charge is 0.374 e. The van der Waals surface area contributed by atoms with Crippen molar-refractivity contribution in [1.29, 1.82) is 0 Å². The molecular weight excluding hydrogens is 249 g/mol. The van der Waals surface area contributed by atoms with Gasteiger partial charge < -0.3 is 11.1 Å². The minimum atomic E-state index is -0.930. The molecule has 0 heterocycles. The fourth-order valence-electron chi connectivity index (χ4n) is 1.13. The van der Waals surface area contributed by atoms with Gasteiger partial charge in [-0.1, -0.05) is 11.6 Å². The van der Waals surface area contributed by atoms with Gasteiger partial charge in [0.15, 0.2) is 0 Å². The molecule has 0 aliphatic rings. The molecule has 0 saturated carbocycles. The Morgan fingerprint density at radius 3 is 2.65 bits per heavy atom. The predicted molar refractivity (Wildman–Crippen MR) is 62.2 cm³/mol. The molecule has 5 nitrogen and oxygen atoms in total. The summed E-state index contributed by atoms with van der Waals surface area (Å²) in [6.45, 7) is 1.52. The second kappa shape index (κ2) is 5.49. The lowest BCUT2D eigenvalue weighted by atomic mass is 10.2. The third kappa shape index (κ3) is 3.92. The van der Waals surface area contributed by atoms with Crippen molar-refractivity contribution in [3.63, 3.8) is 0 Å². The van der Waals surface area contributed by atoms with E-state index in [9.17, 15) is 14.0 Å². The number of imide groups is 1. The number of carbonyl (C=O) groups is 2. The third-order valence-corrected chi connectivity index (χ3v) is 2.23. The van der Waals surface area contributed by atoms with Crippen LogP contribution in [0.1, 0.15) is 6.92 Å². The summed E-state index contributed by atoms with van der Waals surface area (Å²) in [6.07, 6.45) is 0. The molecule has 0 aromatic heterocycles. The number of anilines is 1. The number of rotatable bonds is 3. The van der Waals surface area contributed by atoms with E-state index in [4.69, 9.17) is 17.3 Å². The SMILES string of the molecule is CC(Nc1ccc(F)c(Cl)c1)C(=O)NC(N)=O. The lowest BCUT2D eigenvalue weighted by molar-refractivity contribution is -0.120. The van der Waals surface area contributed by atoms with Crippen LogP contribution < -0.4 is 16.4 Å². The molecule has 0 saturated heterocycles. The molecule has 0 spiro atoms. The lowest BCUT2D eigenvalue weighted by Crippen LogP contribution is -2.43. The summed E-state index contributed by atoms with van der Waals surface area (Å²) in [5, 5.41) is 4.61. The topological polar surface area (TPSA) is 84.2 Å². The first kappa shape index (κ1) is 13.2. The molecule has 1 aromatic carbocycles. The summed E-state index contributed by atoms with van der Waals surface area (Å²) in [4.78, 5) is 21.8. The molecule has 1 atom stereocenters. The average Bonchev–Trinajstić information content (AvgIpc) is 2.22. The molecule has 1 unspecified atom stereocenters. The number of hydrogen-bond donors (Lipinski definition) is 3. The number of benzene rings is 1. The van der Waals surface area contributed by atoms with E-state index in [1.165, 1.54) is 25.1 Å². The summed E-state index contributed by atoms with van der Waals surface area (Å²) in [6, 6.07) is 2.30. The van der Waals surface area contributed by atoms with E-state index in [0.29, 0.717) is 5.69 Å². The van der Waals surface area contributed by atoms with Crippen LogP contribution in [0.3, 0.4) is 0 Å². The zero-order valence-corrected chi connectivity index (χ0v) is 9.72. The maximum atomic E-state index is 12.9. The van der Waals surface area contributed by atoms with Crippen molar-refractivity contribution in [2.45, 2.75) is 13.0 Å². The van der Waals surface area contributed by atoms with Crippen molar-refractivity contribution < 1.29 is 14.0 Å². The van der Waals surface area contributed by atoms with E-state index in [1.807, 2.05) is 5.32 Å². The number of nitrogens with one attached hydrogen (secondary N) is 2. The van der Waals surface area contributed by atoms with E-state index < -0.39 is 23.8 Å². The number of primary amides is 1. The van der Waals surface area contributed by atoms with Crippen LogP contribution in [0, 0.1) is 5.82 Å². The van der Waals surface area contributed by atoms with Crippen LogP contribution in [-0.4, -0.2) is 18.0 Å². The molecule has 0 fully saturated rings.